The van der Waals surface area contributed by atoms with Crippen LogP contribution in [0.25, 0.3) is 17.2 Å². The van der Waals surface area contributed by atoms with E-state index in [9.17, 15) is 22.4 Å². The molecule has 0 atom stereocenters. The van der Waals surface area contributed by atoms with Crippen LogP contribution in [0.3, 0.4) is 0 Å². The summed E-state index contributed by atoms with van der Waals surface area (Å²) >= 11 is 1.24. The molecular weight excluding hydrogens is 627 g/mol. The number of pyridine rings is 1. The molecule has 46 heavy (non-hydrogen) atoms. The van der Waals surface area contributed by atoms with Crippen molar-refractivity contribution in [1.29, 1.82) is 0 Å². The molecular formula is C34H27F5N2O4S. The van der Waals surface area contributed by atoms with E-state index in [0.29, 0.717) is 51.5 Å². The van der Waals surface area contributed by atoms with Gasteiger partial charge in [-0.1, -0.05) is 36.4 Å². The van der Waals surface area contributed by atoms with Gasteiger partial charge in [0.2, 0.25) is 0 Å². The van der Waals surface area contributed by atoms with Gasteiger partial charge in [0.1, 0.15) is 24.2 Å². The van der Waals surface area contributed by atoms with E-state index in [-0.39, 0.29) is 22.8 Å². The number of hydroxylamine groups is 1. The third-order valence-electron chi connectivity index (χ3n) is 7.85. The second-order valence-electron chi connectivity index (χ2n) is 10.6. The number of benzene rings is 2. The van der Waals surface area contributed by atoms with Crippen LogP contribution in [0.1, 0.15) is 46.2 Å². The number of rotatable bonds is 7. The number of ether oxygens (including phenoxy) is 2. The van der Waals surface area contributed by atoms with Gasteiger partial charge in [-0.25, -0.2) is 8.78 Å². The van der Waals surface area contributed by atoms with Gasteiger partial charge in [0.25, 0.3) is 5.56 Å². The first-order valence-corrected chi connectivity index (χ1v) is 15.2. The predicted octanol–water partition coefficient (Wildman–Crippen LogP) is 8.25. The molecule has 0 radical (unpaired) electrons. The second-order valence-corrected chi connectivity index (χ2v) is 11.6. The number of aromatic nitrogens is 1. The summed E-state index contributed by atoms with van der Waals surface area (Å²) in [6, 6.07) is 11.9. The molecule has 6 rings (SSSR count). The van der Waals surface area contributed by atoms with Crippen molar-refractivity contribution in [3.8, 4) is 0 Å². The zero-order valence-corrected chi connectivity index (χ0v) is 25.5. The van der Waals surface area contributed by atoms with Crippen LogP contribution in [0, 0.1) is 12.7 Å². The number of fused-ring (bicyclic) bond motifs is 1. The molecule has 0 bridgehead atoms. The highest BCUT2D eigenvalue weighted by atomic mass is 32.2. The maximum Gasteiger partial charge on any atom is 0.416 e. The van der Waals surface area contributed by atoms with Crippen molar-refractivity contribution in [2.24, 2.45) is 0 Å². The summed E-state index contributed by atoms with van der Waals surface area (Å²) in [6.45, 7) is 1.58. The molecule has 0 unspecified atom stereocenters. The van der Waals surface area contributed by atoms with E-state index in [2.05, 4.69) is 5.48 Å². The van der Waals surface area contributed by atoms with Crippen molar-refractivity contribution in [3.63, 3.8) is 0 Å². The second kappa shape index (κ2) is 12.7. The van der Waals surface area contributed by atoms with Crippen LogP contribution in [-0.4, -0.2) is 17.4 Å². The Kier molecular flexibility index (Phi) is 8.67. The summed E-state index contributed by atoms with van der Waals surface area (Å²) in [6.07, 6.45) is 0.872. The van der Waals surface area contributed by atoms with Gasteiger partial charge >= 0.3 is 6.18 Å². The van der Waals surface area contributed by atoms with E-state index >= 15 is 4.39 Å². The van der Waals surface area contributed by atoms with Crippen molar-refractivity contribution < 1.29 is 36.3 Å². The van der Waals surface area contributed by atoms with E-state index in [1.54, 1.807) is 6.92 Å². The third-order valence-corrected chi connectivity index (χ3v) is 8.97. The highest BCUT2D eigenvalue weighted by Gasteiger charge is 2.37. The fourth-order valence-electron chi connectivity index (χ4n) is 5.70. The smallest absolute Gasteiger partial charge is 0.416 e. The van der Waals surface area contributed by atoms with E-state index in [1.165, 1.54) is 48.1 Å². The monoisotopic (exact) mass is 654 g/mol. The summed E-state index contributed by atoms with van der Waals surface area (Å²) in [5.41, 5.74) is 3.41. The Labute approximate surface area is 265 Å². The molecule has 1 aromatic heterocycles. The number of hydrogen-bond donors (Lipinski definition) is 1. The van der Waals surface area contributed by atoms with Crippen LogP contribution < -0.4 is 11.0 Å². The molecule has 0 amide bonds. The van der Waals surface area contributed by atoms with Crippen LogP contribution in [0.5, 0.6) is 0 Å². The SMILES string of the molecule is CONC(=C1CSc2c(Cc3c(F)cccc3C(F)(F)F)c(C)c(C3=COC=C(C4=CC(F)=CCC4)O3)c(=O)n21)c1ccccc1. The fourth-order valence-corrected chi connectivity index (χ4v) is 6.96. The Morgan fingerprint density at radius 1 is 1.04 bits per heavy atom. The van der Waals surface area contributed by atoms with Crippen molar-refractivity contribution in [2.45, 2.75) is 37.4 Å². The minimum absolute atomic E-state index is 0.00602. The number of nitrogens with one attached hydrogen (secondary N) is 1. The Bertz CT molecular complexity index is 1920. The maximum atomic E-state index is 15.2. The lowest BCUT2D eigenvalue weighted by molar-refractivity contribution is -0.138. The van der Waals surface area contributed by atoms with Gasteiger partial charge in [-0.05, 0) is 55.2 Å². The Hall–Kier alpha value is -4.55. The molecule has 238 valence electrons. The van der Waals surface area contributed by atoms with E-state index in [1.807, 2.05) is 30.3 Å². The van der Waals surface area contributed by atoms with Crippen molar-refractivity contribution >= 4 is 28.9 Å². The highest BCUT2D eigenvalue weighted by Crippen LogP contribution is 2.43. The first-order valence-electron chi connectivity index (χ1n) is 14.2. The summed E-state index contributed by atoms with van der Waals surface area (Å²) in [5.74, 6) is -1.04. The fraction of sp³-hybridized carbons (Fsp3) is 0.206. The zero-order chi connectivity index (χ0) is 32.6. The van der Waals surface area contributed by atoms with E-state index < -0.39 is 40.9 Å². The molecule has 3 heterocycles. The van der Waals surface area contributed by atoms with Gasteiger partial charge in [0, 0.05) is 28.9 Å². The third kappa shape index (κ3) is 5.90. The van der Waals surface area contributed by atoms with Crippen LogP contribution in [0.2, 0.25) is 0 Å². The standard InChI is InChI=1S/C34H27F5N2O4S/c1-19-23(15-24-25(34(37,38)39)12-7-13-26(24)36)33-41(27(18-46-33)31(40-43-2)20-8-4-3-5-9-20)32(42)30(19)29-17-44-16-28(45-29)21-10-6-11-22(35)14-21/h3-5,7-9,11-14,16-17,40H,6,10,15,18H2,1-2H3. The van der Waals surface area contributed by atoms with Gasteiger partial charge in [-0.15, -0.1) is 11.8 Å². The molecule has 12 heteroatoms. The van der Waals surface area contributed by atoms with Crippen LogP contribution >= 0.6 is 11.8 Å². The van der Waals surface area contributed by atoms with Crippen LogP contribution in [0.15, 0.2) is 100 Å². The molecule has 0 spiro atoms. The number of nitrogens with zero attached hydrogens (tertiary/aromatic N) is 1. The number of halogens is 5. The lowest BCUT2D eigenvalue weighted by atomic mass is 9.94. The highest BCUT2D eigenvalue weighted by molar-refractivity contribution is 8.00. The number of hydrogen-bond acceptors (Lipinski definition) is 6. The molecule has 1 aliphatic carbocycles. The quantitative estimate of drug-likeness (QED) is 0.205. The Morgan fingerprint density at radius 3 is 2.52 bits per heavy atom. The minimum Gasteiger partial charge on any atom is -0.465 e. The van der Waals surface area contributed by atoms with Gasteiger partial charge in [0.15, 0.2) is 11.5 Å². The van der Waals surface area contributed by atoms with E-state index in [0.717, 1.165) is 18.2 Å². The molecule has 1 N–H and O–H groups in total. The molecule has 0 saturated heterocycles. The van der Waals surface area contributed by atoms with Gasteiger partial charge in [-0.3, -0.25) is 19.7 Å². The average molecular weight is 655 g/mol. The normalized spacial score (nSPS) is 17.2. The van der Waals surface area contributed by atoms with Crippen molar-refractivity contribution in [3.05, 3.63) is 140 Å². The van der Waals surface area contributed by atoms with E-state index in [4.69, 9.17) is 14.3 Å². The average Bonchev–Trinajstić information content (AvgIpc) is 3.48. The molecule has 2 aromatic carbocycles. The molecule has 0 saturated carbocycles. The molecule has 3 aliphatic rings. The lowest BCUT2D eigenvalue weighted by Crippen LogP contribution is -2.28. The summed E-state index contributed by atoms with van der Waals surface area (Å²) < 4.78 is 84.6. The van der Waals surface area contributed by atoms with Gasteiger partial charge in [-0.2, -0.15) is 13.2 Å². The molecule has 6 nitrogen and oxygen atoms in total. The number of allylic oxidation sites excluding steroid dienone is 4. The van der Waals surface area contributed by atoms with Gasteiger partial charge in [0.05, 0.1) is 34.7 Å². The Balaban J connectivity index is 1.58. The maximum absolute atomic E-state index is 15.2. The number of thioether (sulfide) groups is 1. The summed E-state index contributed by atoms with van der Waals surface area (Å²) in [7, 11) is 1.42. The predicted molar refractivity (Wildman–Crippen MR) is 165 cm³/mol. The van der Waals surface area contributed by atoms with Crippen molar-refractivity contribution in [1.82, 2.24) is 10.0 Å². The van der Waals surface area contributed by atoms with Crippen LogP contribution in [0.4, 0.5) is 22.0 Å². The summed E-state index contributed by atoms with van der Waals surface area (Å²) in [4.78, 5) is 19.7. The van der Waals surface area contributed by atoms with Crippen molar-refractivity contribution in [2.75, 3.05) is 12.9 Å². The van der Waals surface area contributed by atoms with Gasteiger partial charge < -0.3 is 9.47 Å². The Morgan fingerprint density at radius 2 is 1.80 bits per heavy atom. The number of alkyl halides is 3. The topological polar surface area (TPSA) is 61.7 Å². The molecule has 2 aliphatic heterocycles. The zero-order valence-electron chi connectivity index (χ0n) is 24.6. The first kappa shape index (κ1) is 31.4. The largest absolute Gasteiger partial charge is 0.465 e. The first-order chi connectivity index (χ1) is 22.1. The summed E-state index contributed by atoms with van der Waals surface area (Å²) in [5, 5.41) is 0.360. The lowest BCUT2D eigenvalue weighted by Gasteiger charge is -2.24. The molecule has 0 fully saturated rings. The molecule has 3 aromatic rings. The van der Waals surface area contributed by atoms with Crippen LogP contribution in [-0.2, 0) is 26.9 Å². The minimum atomic E-state index is -4.82.